The first-order valence-electron chi connectivity index (χ1n) is 10.9. The molecule has 0 bridgehead atoms. The van der Waals surface area contributed by atoms with Crippen LogP contribution in [0.15, 0.2) is 24.3 Å². The van der Waals surface area contributed by atoms with E-state index in [1.807, 2.05) is 0 Å². The first-order chi connectivity index (χ1) is 15.6. The van der Waals surface area contributed by atoms with Gasteiger partial charge in [-0.05, 0) is 38.5 Å². The smallest absolute Gasteiger partial charge is 0.341 e. The lowest BCUT2D eigenvalue weighted by atomic mass is 10.1. The van der Waals surface area contributed by atoms with Crippen LogP contribution in [0.1, 0.15) is 38.1 Å². The van der Waals surface area contributed by atoms with Crippen LogP contribution in [0.5, 0.6) is 0 Å². The van der Waals surface area contributed by atoms with Crippen molar-refractivity contribution in [2.45, 2.75) is 26.8 Å². The minimum Gasteiger partial charge on any atom is -0.465 e. The van der Waals surface area contributed by atoms with Crippen molar-refractivity contribution in [3.63, 3.8) is 0 Å². The van der Waals surface area contributed by atoms with Crippen LogP contribution < -0.4 is 10.2 Å². The molecule has 2 aromatic rings. The zero-order chi connectivity index (χ0) is 24.3. The lowest BCUT2D eigenvalue weighted by Gasteiger charge is -2.41. The van der Waals surface area contributed by atoms with E-state index in [4.69, 9.17) is 4.74 Å². The summed E-state index contributed by atoms with van der Waals surface area (Å²) in [5, 5.41) is 3.19. The predicted octanol–water partition coefficient (Wildman–Crippen LogP) is 3.00. The first-order valence-corrected chi connectivity index (χ1v) is 11.7. The van der Waals surface area contributed by atoms with Gasteiger partial charge < -0.3 is 19.9 Å². The molecular formula is C24H32N4O4S. The number of carbonyl (C=O) groups is 3. The maximum Gasteiger partial charge on any atom is 0.341 e. The largest absolute Gasteiger partial charge is 0.465 e. The molecule has 1 aromatic heterocycles. The number of rotatable bonds is 6. The van der Waals surface area contributed by atoms with Crippen LogP contribution in [0.25, 0.3) is 0 Å². The summed E-state index contributed by atoms with van der Waals surface area (Å²) in [6.45, 7) is 8.46. The zero-order valence-electron chi connectivity index (χ0n) is 20.1. The Kier molecular flexibility index (Phi) is 7.76. The van der Waals surface area contributed by atoms with Gasteiger partial charge in [-0.15, -0.1) is 11.3 Å². The Bertz CT molecular complexity index is 1030. The highest BCUT2D eigenvalue weighted by molar-refractivity contribution is 7.18. The zero-order valence-corrected chi connectivity index (χ0v) is 20.9. The summed E-state index contributed by atoms with van der Waals surface area (Å²) in [5.74, 6) is -1.01. The third-order valence-electron chi connectivity index (χ3n) is 5.83. The molecule has 8 nitrogen and oxygen atoms in total. The number of thiophene rings is 1. The lowest BCUT2D eigenvalue weighted by molar-refractivity contribution is -0.117. The van der Waals surface area contributed by atoms with Gasteiger partial charge in [-0.25, -0.2) is 4.79 Å². The maximum absolute atomic E-state index is 12.9. The van der Waals surface area contributed by atoms with E-state index >= 15 is 0 Å². The van der Waals surface area contributed by atoms with Crippen LogP contribution in [0, 0.1) is 13.8 Å². The molecule has 1 aliphatic rings. The molecule has 1 saturated heterocycles. The number of benzene rings is 1. The van der Waals surface area contributed by atoms with Crippen LogP contribution in [-0.4, -0.2) is 81.0 Å². The van der Waals surface area contributed by atoms with Crippen molar-refractivity contribution in [3.05, 3.63) is 45.8 Å². The average Bonchev–Trinajstić information content (AvgIpc) is 3.08. The number of piperazine rings is 1. The molecule has 0 spiro atoms. The van der Waals surface area contributed by atoms with Gasteiger partial charge in [-0.2, -0.15) is 0 Å². The van der Waals surface area contributed by atoms with Gasteiger partial charge in [-0.1, -0.05) is 17.7 Å². The molecule has 1 unspecified atom stereocenters. The highest BCUT2D eigenvalue weighted by atomic mass is 32.1. The summed E-state index contributed by atoms with van der Waals surface area (Å²) in [6, 6.07) is 8.74. The van der Waals surface area contributed by atoms with Crippen molar-refractivity contribution >= 4 is 39.8 Å². The third kappa shape index (κ3) is 5.54. The molecule has 9 heteroatoms. The number of hydrogen-bond acceptors (Lipinski definition) is 7. The molecule has 2 amide bonds. The number of carbonyl (C=O) groups excluding carboxylic acids is 3. The lowest BCUT2D eigenvalue weighted by Crippen LogP contribution is -2.53. The minimum absolute atomic E-state index is 0.209. The molecule has 1 atom stereocenters. The Morgan fingerprint density at radius 1 is 1.15 bits per heavy atom. The number of aryl methyl sites for hydroxylation is 1. The molecule has 1 fully saturated rings. The maximum atomic E-state index is 12.9. The molecule has 178 valence electrons. The molecular weight excluding hydrogens is 440 g/mol. The Hall–Kier alpha value is -2.91. The van der Waals surface area contributed by atoms with Crippen LogP contribution in [-0.2, 0) is 9.53 Å². The van der Waals surface area contributed by atoms with E-state index in [-0.39, 0.29) is 30.0 Å². The SMILES string of the molecule is COC(=O)c1c(NC(=O)CN2CCN(c3ccc(C)cc3)C(C)C2)sc(C(=O)N(C)C)c1C. The average molecular weight is 473 g/mol. The number of amides is 2. The Morgan fingerprint density at radius 3 is 2.39 bits per heavy atom. The normalized spacial score (nSPS) is 16.4. The topological polar surface area (TPSA) is 82.2 Å². The molecule has 33 heavy (non-hydrogen) atoms. The van der Waals surface area contributed by atoms with Gasteiger partial charge in [0.1, 0.15) is 5.00 Å². The van der Waals surface area contributed by atoms with E-state index in [2.05, 4.69) is 53.2 Å². The molecule has 0 radical (unpaired) electrons. The van der Waals surface area contributed by atoms with Crippen LogP contribution in [0.4, 0.5) is 10.7 Å². The van der Waals surface area contributed by atoms with Gasteiger partial charge >= 0.3 is 5.97 Å². The fourth-order valence-corrected chi connectivity index (χ4v) is 5.25. The van der Waals surface area contributed by atoms with Crippen molar-refractivity contribution < 1.29 is 19.1 Å². The summed E-state index contributed by atoms with van der Waals surface area (Å²) in [5.41, 5.74) is 3.17. The van der Waals surface area contributed by atoms with Gasteiger partial charge in [-0.3, -0.25) is 14.5 Å². The van der Waals surface area contributed by atoms with Crippen LogP contribution in [0.3, 0.4) is 0 Å². The molecule has 3 rings (SSSR count). The summed E-state index contributed by atoms with van der Waals surface area (Å²) < 4.78 is 4.89. The van der Waals surface area contributed by atoms with E-state index in [0.29, 0.717) is 15.4 Å². The van der Waals surface area contributed by atoms with Gasteiger partial charge in [0.05, 0.1) is 24.1 Å². The second-order valence-electron chi connectivity index (χ2n) is 8.61. The molecule has 0 saturated carbocycles. The van der Waals surface area contributed by atoms with Gasteiger partial charge in [0.15, 0.2) is 0 Å². The number of nitrogens with zero attached hydrogens (tertiary/aromatic N) is 3. The second-order valence-corrected chi connectivity index (χ2v) is 9.63. The quantitative estimate of drug-likeness (QED) is 0.651. The predicted molar refractivity (Wildman–Crippen MR) is 131 cm³/mol. The monoisotopic (exact) mass is 472 g/mol. The summed E-state index contributed by atoms with van der Waals surface area (Å²) in [7, 11) is 4.58. The van der Waals surface area contributed by atoms with Crippen molar-refractivity contribution in [2.24, 2.45) is 0 Å². The number of ether oxygens (including phenoxy) is 1. The highest BCUT2D eigenvalue weighted by Gasteiger charge is 2.29. The number of hydrogen-bond donors (Lipinski definition) is 1. The minimum atomic E-state index is -0.572. The molecule has 1 aromatic carbocycles. The number of methoxy groups -OCH3 is 1. The van der Waals surface area contributed by atoms with Gasteiger partial charge in [0, 0.05) is 45.5 Å². The van der Waals surface area contributed by atoms with Crippen molar-refractivity contribution in [1.82, 2.24) is 9.80 Å². The summed E-state index contributed by atoms with van der Waals surface area (Å²) in [6.07, 6.45) is 0. The third-order valence-corrected chi connectivity index (χ3v) is 7.03. The standard InChI is InChI=1S/C24H32N4O4S/c1-15-7-9-18(10-8-15)28-12-11-27(13-16(28)2)14-19(29)25-22-20(24(31)32-6)17(3)21(33-22)23(30)26(4)5/h7-10,16H,11-14H2,1-6H3,(H,25,29). The first kappa shape index (κ1) is 24.7. The van der Waals surface area contributed by atoms with E-state index in [1.54, 1.807) is 21.0 Å². The van der Waals surface area contributed by atoms with E-state index < -0.39 is 5.97 Å². The number of esters is 1. The van der Waals surface area contributed by atoms with Crippen LogP contribution >= 0.6 is 11.3 Å². The Morgan fingerprint density at radius 2 is 1.82 bits per heavy atom. The second kappa shape index (κ2) is 10.4. The van der Waals surface area contributed by atoms with Gasteiger partial charge in [0.2, 0.25) is 5.91 Å². The molecule has 2 heterocycles. The molecule has 1 N–H and O–H groups in total. The van der Waals surface area contributed by atoms with Crippen molar-refractivity contribution in [2.75, 3.05) is 57.6 Å². The van der Waals surface area contributed by atoms with Crippen molar-refractivity contribution in [3.8, 4) is 0 Å². The van der Waals surface area contributed by atoms with E-state index in [9.17, 15) is 14.4 Å². The molecule has 0 aliphatic carbocycles. The number of nitrogens with one attached hydrogen (secondary N) is 1. The Balaban J connectivity index is 1.68. The van der Waals surface area contributed by atoms with Crippen molar-refractivity contribution in [1.29, 1.82) is 0 Å². The van der Waals surface area contributed by atoms with E-state index in [1.165, 1.54) is 23.3 Å². The number of anilines is 2. The Labute approximate surface area is 199 Å². The highest BCUT2D eigenvalue weighted by Crippen LogP contribution is 2.34. The van der Waals surface area contributed by atoms with E-state index in [0.717, 1.165) is 31.0 Å². The summed E-state index contributed by atoms with van der Waals surface area (Å²) in [4.78, 5) is 44.0. The van der Waals surface area contributed by atoms with Gasteiger partial charge in [0.25, 0.3) is 5.91 Å². The summed E-state index contributed by atoms with van der Waals surface area (Å²) >= 11 is 1.11. The fraction of sp³-hybridized carbons (Fsp3) is 0.458. The van der Waals surface area contributed by atoms with Crippen LogP contribution in [0.2, 0.25) is 0 Å². The fourth-order valence-electron chi connectivity index (χ4n) is 4.02. The molecule has 1 aliphatic heterocycles.